The summed E-state index contributed by atoms with van der Waals surface area (Å²) in [4.78, 5) is 14.4. The largest absolute Gasteiger partial charge is 0.326 e. The molecule has 1 amide bonds. The van der Waals surface area contributed by atoms with Gasteiger partial charge in [-0.05, 0) is 32.3 Å². The maximum atomic E-state index is 12.8. The number of nitrogens with zero attached hydrogens (tertiary/aromatic N) is 2. The van der Waals surface area contributed by atoms with E-state index in [0.29, 0.717) is 25.3 Å². The number of hydrogen-bond acceptors (Lipinski definition) is 5. The Kier molecular flexibility index (Phi) is 6.34. The third-order valence-electron chi connectivity index (χ3n) is 4.16. The van der Waals surface area contributed by atoms with E-state index < -0.39 is 10.0 Å². The zero-order chi connectivity index (χ0) is 17.7. The average Bonchev–Trinajstić information content (AvgIpc) is 2.55. The molecule has 0 saturated carbocycles. The second-order valence-corrected chi connectivity index (χ2v) is 8.12. The van der Waals surface area contributed by atoms with Crippen molar-refractivity contribution in [1.82, 2.24) is 14.5 Å². The maximum absolute atomic E-state index is 12.8. The molecule has 1 aromatic carbocycles. The Hall–Kier alpha value is -1.48. The Labute approximate surface area is 144 Å². The Balaban J connectivity index is 2.13. The Morgan fingerprint density at radius 2 is 1.92 bits per heavy atom. The molecular formula is C16H26N4O3S. The molecule has 134 valence electrons. The number of hydrogen-bond donors (Lipinski definition) is 2. The number of anilines is 1. The number of carbonyl (C=O) groups excluding carboxylic acids is 1. The van der Waals surface area contributed by atoms with E-state index in [1.165, 1.54) is 10.4 Å². The van der Waals surface area contributed by atoms with Gasteiger partial charge >= 0.3 is 0 Å². The first-order chi connectivity index (χ1) is 11.3. The van der Waals surface area contributed by atoms with Gasteiger partial charge in [-0.25, -0.2) is 8.42 Å². The lowest BCUT2D eigenvalue weighted by atomic mass is 10.1. The minimum atomic E-state index is -3.53. The summed E-state index contributed by atoms with van der Waals surface area (Å²) in [7, 11) is 0.232. The molecule has 1 unspecified atom stereocenters. The van der Waals surface area contributed by atoms with E-state index in [2.05, 4.69) is 15.5 Å². The summed E-state index contributed by atoms with van der Waals surface area (Å²) >= 11 is 0. The van der Waals surface area contributed by atoms with Crippen LogP contribution in [0, 0.1) is 5.92 Å². The van der Waals surface area contributed by atoms with Gasteiger partial charge in [0.05, 0.1) is 4.90 Å². The molecule has 2 N–H and O–H groups in total. The van der Waals surface area contributed by atoms with Gasteiger partial charge in [-0.3, -0.25) is 4.79 Å². The number of carbonyl (C=O) groups is 1. The van der Waals surface area contributed by atoms with E-state index in [1.807, 2.05) is 14.0 Å². The second kappa shape index (κ2) is 8.06. The number of piperazine rings is 1. The molecule has 24 heavy (non-hydrogen) atoms. The molecule has 0 aromatic heterocycles. The zero-order valence-electron chi connectivity index (χ0n) is 14.4. The van der Waals surface area contributed by atoms with E-state index in [-0.39, 0.29) is 16.7 Å². The smallest absolute Gasteiger partial charge is 0.243 e. The van der Waals surface area contributed by atoms with E-state index in [9.17, 15) is 13.2 Å². The molecule has 2 rings (SSSR count). The molecule has 1 heterocycles. The first kappa shape index (κ1) is 18.9. The molecule has 0 spiro atoms. The van der Waals surface area contributed by atoms with Gasteiger partial charge in [0.2, 0.25) is 15.9 Å². The van der Waals surface area contributed by atoms with Crippen molar-refractivity contribution in [2.45, 2.75) is 11.8 Å². The van der Waals surface area contributed by atoms with Crippen LogP contribution >= 0.6 is 0 Å². The number of likely N-dealkylation sites (N-methyl/N-ethyl adjacent to an activating group) is 1. The number of sulfonamides is 1. The van der Waals surface area contributed by atoms with Crippen LogP contribution in [0.25, 0.3) is 0 Å². The highest BCUT2D eigenvalue weighted by Gasteiger charge is 2.27. The summed E-state index contributed by atoms with van der Waals surface area (Å²) in [6.07, 6.45) is 0. The lowest BCUT2D eigenvalue weighted by Crippen LogP contribution is -2.47. The van der Waals surface area contributed by atoms with Crippen LogP contribution in [0.5, 0.6) is 0 Å². The first-order valence-corrected chi connectivity index (χ1v) is 9.53. The van der Waals surface area contributed by atoms with Crippen molar-refractivity contribution in [3.63, 3.8) is 0 Å². The van der Waals surface area contributed by atoms with Gasteiger partial charge in [0.1, 0.15) is 0 Å². The minimum absolute atomic E-state index is 0.140. The highest BCUT2D eigenvalue weighted by Crippen LogP contribution is 2.21. The van der Waals surface area contributed by atoms with Gasteiger partial charge in [-0.15, -0.1) is 0 Å². The van der Waals surface area contributed by atoms with E-state index in [4.69, 9.17) is 0 Å². The van der Waals surface area contributed by atoms with Crippen LogP contribution in [0.1, 0.15) is 6.92 Å². The topological polar surface area (TPSA) is 81.8 Å². The van der Waals surface area contributed by atoms with E-state index in [1.54, 1.807) is 25.2 Å². The molecule has 0 aliphatic carbocycles. The number of amides is 1. The third kappa shape index (κ3) is 4.54. The van der Waals surface area contributed by atoms with Gasteiger partial charge in [0.25, 0.3) is 0 Å². The van der Waals surface area contributed by atoms with Crippen molar-refractivity contribution in [1.29, 1.82) is 0 Å². The van der Waals surface area contributed by atoms with Gasteiger partial charge in [-0.1, -0.05) is 13.0 Å². The van der Waals surface area contributed by atoms with Crippen molar-refractivity contribution in [2.24, 2.45) is 5.92 Å². The highest BCUT2D eigenvalue weighted by molar-refractivity contribution is 7.89. The molecule has 1 saturated heterocycles. The van der Waals surface area contributed by atoms with E-state index >= 15 is 0 Å². The summed E-state index contributed by atoms with van der Waals surface area (Å²) in [5, 5.41) is 5.73. The Bertz CT molecular complexity index is 670. The minimum Gasteiger partial charge on any atom is -0.326 e. The van der Waals surface area contributed by atoms with Crippen LogP contribution in [0.15, 0.2) is 29.2 Å². The average molecular weight is 354 g/mol. The fraction of sp³-hybridized carbons (Fsp3) is 0.562. The Morgan fingerprint density at radius 3 is 2.54 bits per heavy atom. The number of benzene rings is 1. The molecule has 1 aromatic rings. The molecular weight excluding hydrogens is 328 g/mol. The second-order valence-electron chi connectivity index (χ2n) is 6.18. The normalized spacial score (nSPS) is 18.3. The highest BCUT2D eigenvalue weighted by atomic mass is 32.2. The molecule has 1 aliphatic rings. The predicted molar refractivity (Wildman–Crippen MR) is 94.4 cm³/mol. The SMILES string of the molecule is CNCC(C)C(=O)Nc1cccc(S(=O)(=O)N2CCN(C)CC2)c1. The monoisotopic (exact) mass is 354 g/mol. The predicted octanol–water partition coefficient (Wildman–Crippen LogP) is 0.417. The summed E-state index contributed by atoms with van der Waals surface area (Å²) in [6, 6.07) is 6.45. The quantitative estimate of drug-likeness (QED) is 0.774. The molecule has 7 nitrogen and oxygen atoms in total. The zero-order valence-corrected chi connectivity index (χ0v) is 15.3. The number of nitrogens with one attached hydrogen (secondary N) is 2. The summed E-state index contributed by atoms with van der Waals surface area (Å²) in [5.74, 6) is -0.341. The molecule has 0 bridgehead atoms. The van der Waals surface area contributed by atoms with Crippen molar-refractivity contribution in [2.75, 3.05) is 52.1 Å². The van der Waals surface area contributed by atoms with Crippen LogP contribution < -0.4 is 10.6 Å². The van der Waals surface area contributed by atoms with Crippen molar-refractivity contribution in [3.8, 4) is 0 Å². The fourth-order valence-corrected chi connectivity index (χ4v) is 4.04. The Morgan fingerprint density at radius 1 is 1.25 bits per heavy atom. The van der Waals surface area contributed by atoms with Crippen LogP contribution in [-0.4, -0.2) is 70.3 Å². The van der Waals surface area contributed by atoms with Gasteiger partial charge < -0.3 is 15.5 Å². The number of rotatable bonds is 6. The van der Waals surface area contributed by atoms with Gasteiger partial charge in [0.15, 0.2) is 0 Å². The van der Waals surface area contributed by atoms with Crippen LogP contribution in [0.2, 0.25) is 0 Å². The van der Waals surface area contributed by atoms with Crippen molar-refractivity contribution in [3.05, 3.63) is 24.3 Å². The molecule has 8 heteroatoms. The third-order valence-corrected chi connectivity index (χ3v) is 6.05. The van der Waals surface area contributed by atoms with Gasteiger partial charge in [-0.2, -0.15) is 4.31 Å². The standard InChI is InChI=1S/C16H26N4O3S/c1-13(12-17-2)16(21)18-14-5-4-6-15(11-14)24(22,23)20-9-7-19(3)8-10-20/h4-6,11,13,17H,7-10,12H2,1-3H3,(H,18,21). The first-order valence-electron chi connectivity index (χ1n) is 8.09. The molecule has 1 atom stereocenters. The molecule has 1 fully saturated rings. The maximum Gasteiger partial charge on any atom is 0.243 e. The lowest BCUT2D eigenvalue weighted by Gasteiger charge is -2.31. The van der Waals surface area contributed by atoms with Gasteiger partial charge in [0, 0.05) is 44.3 Å². The summed E-state index contributed by atoms with van der Waals surface area (Å²) in [6.45, 7) is 4.78. The van der Waals surface area contributed by atoms with E-state index in [0.717, 1.165) is 13.1 Å². The van der Waals surface area contributed by atoms with Crippen LogP contribution in [0.4, 0.5) is 5.69 Å². The van der Waals surface area contributed by atoms with Crippen LogP contribution in [-0.2, 0) is 14.8 Å². The van der Waals surface area contributed by atoms with Crippen molar-refractivity contribution < 1.29 is 13.2 Å². The molecule has 0 radical (unpaired) electrons. The lowest BCUT2D eigenvalue weighted by molar-refractivity contribution is -0.119. The summed E-state index contributed by atoms with van der Waals surface area (Å²) in [5.41, 5.74) is 0.498. The summed E-state index contributed by atoms with van der Waals surface area (Å²) < 4.78 is 27.0. The fourth-order valence-electron chi connectivity index (χ4n) is 2.58. The molecule has 1 aliphatic heterocycles. The van der Waals surface area contributed by atoms with Crippen LogP contribution in [0.3, 0.4) is 0 Å². The van der Waals surface area contributed by atoms with Crippen molar-refractivity contribution >= 4 is 21.6 Å².